The lowest BCUT2D eigenvalue weighted by atomic mass is 10.0. The van der Waals surface area contributed by atoms with Crippen molar-refractivity contribution >= 4 is 11.7 Å². The van der Waals surface area contributed by atoms with Gasteiger partial charge in [0.1, 0.15) is 36.6 Å². The Hall–Kier alpha value is -4.39. The number of amides is 1. The van der Waals surface area contributed by atoms with Crippen molar-refractivity contribution in [2.75, 3.05) is 40.0 Å². The van der Waals surface area contributed by atoms with Gasteiger partial charge in [-0.3, -0.25) is 9.59 Å². The number of ether oxygens (including phenoxy) is 3. The number of Topliss-reactive ketones (excluding diaryl/α,β-unsaturated/α-hetero) is 1. The lowest BCUT2D eigenvalue weighted by molar-refractivity contribution is -0.123. The van der Waals surface area contributed by atoms with Crippen LogP contribution in [-0.2, 0) is 4.79 Å². The van der Waals surface area contributed by atoms with Crippen LogP contribution in [0.1, 0.15) is 66.1 Å². The molecule has 0 radical (unpaired) electrons. The fraction of sp³-hybridized carbons (Fsp3) is 0.400. The van der Waals surface area contributed by atoms with Crippen molar-refractivity contribution in [2.45, 2.75) is 50.7 Å². The van der Waals surface area contributed by atoms with Gasteiger partial charge in [0.15, 0.2) is 5.78 Å². The van der Waals surface area contributed by atoms with Gasteiger partial charge in [0, 0.05) is 24.9 Å². The molecule has 1 heterocycles. The molecule has 1 amide bonds. The number of aliphatic hydroxyl groups excluding tert-OH is 1. The lowest BCUT2D eigenvalue weighted by Gasteiger charge is -2.29. The Morgan fingerprint density at radius 1 is 0.864 bits per heavy atom. The topological polar surface area (TPSA) is 121 Å². The molecule has 2 N–H and O–H groups in total. The van der Waals surface area contributed by atoms with Crippen LogP contribution in [0, 0.1) is 11.3 Å². The van der Waals surface area contributed by atoms with E-state index in [-0.39, 0.29) is 18.1 Å². The predicted octanol–water partition coefficient (Wildman–Crippen LogP) is 5.08. The van der Waals surface area contributed by atoms with Crippen molar-refractivity contribution in [3.63, 3.8) is 0 Å². The molecule has 4 rings (SSSR count). The molecule has 1 saturated heterocycles. The molecule has 0 spiro atoms. The van der Waals surface area contributed by atoms with Crippen molar-refractivity contribution in [3.8, 4) is 23.3 Å². The minimum atomic E-state index is -0.884. The van der Waals surface area contributed by atoms with Crippen molar-refractivity contribution in [1.82, 2.24) is 10.2 Å². The molecule has 1 aliphatic rings. The summed E-state index contributed by atoms with van der Waals surface area (Å²) >= 11 is 0. The molecular formula is C35H41N3O6. The fourth-order valence-corrected chi connectivity index (χ4v) is 5.18. The second-order valence-electron chi connectivity index (χ2n) is 10.9. The third-order valence-electron chi connectivity index (χ3n) is 7.68. The van der Waals surface area contributed by atoms with E-state index < -0.39 is 12.1 Å². The summed E-state index contributed by atoms with van der Waals surface area (Å²) in [5.74, 6) is 1.93. The van der Waals surface area contributed by atoms with Gasteiger partial charge in [0.2, 0.25) is 5.91 Å². The lowest BCUT2D eigenvalue weighted by Crippen LogP contribution is -2.46. The second-order valence-corrected chi connectivity index (χ2v) is 10.9. The minimum absolute atomic E-state index is 0.0432. The zero-order valence-corrected chi connectivity index (χ0v) is 25.2. The summed E-state index contributed by atoms with van der Waals surface area (Å²) in [4.78, 5) is 27.6. The number of benzene rings is 3. The molecule has 232 valence electrons. The minimum Gasteiger partial charge on any atom is -0.497 e. The maximum absolute atomic E-state index is 12.9. The number of methoxy groups -OCH3 is 1. The third-order valence-corrected chi connectivity index (χ3v) is 7.68. The van der Waals surface area contributed by atoms with E-state index in [2.05, 4.69) is 16.3 Å². The van der Waals surface area contributed by atoms with Gasteiger partial charge in [-0.25, -0.2) is 0 Å². The Morgan fingerprint density at radius 3 is 2.02 bits per heavy atom. The summed E-state index contributed by atoms with van der Waals surface area (Å²) in [7, 11) is 1.59. The van der Waals surface area contributed by atoms with Gasteiger partial charge < -0.3 is 29.5 Å². The van der Waals surface area contributed by atoms with E-state index in [1.807, 2.05) is 12.1 Å². The smallest absolute Gasteiger partial charge is 0.220 e. The summed E-state index contributed by atoms with van der Waals surface area (Å²) in [6, 6.07) is 22.8. The molecule has 0 bridgehead atoms. The van der Waals surface area contributed by atoms with Crippen LogP contribution in [0.15, 0.2) is 72.8 Å². The number of nitriles is 1. The van der Waals surface area contributed by atoms with Gasteiger partial charge in [-0.05, 0) is 105 Å². The van der Waals surface area contributed by atoms with Crippen LogP contribution in [0.25, 0.3) is 0 Å². The van der Waals surface area contributed by atoms with Crippen LogP contribution >= 0.6 is 0 Å². The number of rotatable bonds is 17. The number of ketones is 1. The van der Waals surface area contributed by atoms with Crippen molar-refractivity contribution in [2.24, 2.45) is 0 Å². The molecule has 1 fully saturated rings. The van der Waals surface area contributed by atoms with Crippen LogP contribution < -0.4 is 19.5 Å². The molecule has 44 heavy (non-hydrogen) atoms. The van der Waals surface area contributed by atoms with E-state index in [1.54, 1.807) is 67.8 Å². The third kappa shape index (κ3) is 10.1. The van der Waals surface area contributed by atoms with Crippen LogP contribution in [0.3, 0.4) is 0 Å². The average Bonchev–Trinajstić information content (AvgIpc) is 3.58. The number of hydrogen-bond donors (Lipinski definition) is 2. The number of aliphatic hydroxyl groups is 1. The quantitative estimate of drug-likeness (QED) is 0.163. The molecule has 2 atom stereocenters. The number of carbonyl (C=O) groups is 2. The first-order valence-electron chi connectivity index (χ1n) is 15.2. The van der Waals surface area contributed by atoms with Crippen LogP contribution in [0.5, 0.6) is 17.2 Å². The highest BCUT2D eigenvalue weighted by Crippen LogP contribution is 2.23. The molecule has 9 heteroatoms. The van der Waals surface area contributed by atoms with E-state index in [4.69, 9.17) is 19.5 Å². The molecule has 9 nitrogen and oxygen atoms in total. The summed E-state index contributed by atoms with van der Waals surface area (Å²) in [5, 5.41) is 23.2. The van der Waals surface area contributed by atoms with Crippen molar-refractivity contribution < 1.29 is 28.9 Å². The van der Waals surface area contributed by atoms with Gasteiger partial charge in [0.25, 0.3) is 0 Å². The number of carbonyl (C=O) groups excluding carboxylic acids is 2. The maximum atomic E-state index is 12.9. The van der Waals surface area contributed by atoms with E-state index in [1.165, 1.54) is 0 Å². The number of nitrogens with one attached hydrogen (secondary N) is 1. The first-order valence-corrected chi connectivity index (χ1v) is 15.2. The Bertz CT molecular complexity index is 1360. The van der Waals surface area contributed by atoms with Crippen LogP contribution in [-0.4, -0.2) is 67.7 Å². The van der Waals surface area contributed by atoms with E-state index in [0.717, 1.165) is 25.9 Å². The van der Waals surface area contributed by atoms with Gasteiger partial charge in [-0.1, -0.05) is 12.1 Å². The Balaban J connectivity index is 1.23. The normalized spacial score (nSPS) is 14.3. The molecule has 3 aromatic rings. The average molecular weight is 600 g/mol. The molecule has 0 unspecified atom stereocenters. The van der Waals surface area contributed by atoms with E-state index in [9.17, 15) is 14.7 Å². The number of likely N-dealkylation sites (tertiary alicyclic amines) is 1. The van der Waals surface area contributed by atoms with Gasteiger partial charge in [0.05, 0.1) is 24.8 Å². The Labute approximate surface area is 259 Å². The summed E-state index contributed by atoms with van der Waals surface area (Å²) in [6.07, 6.45) is 3.19. The van der Waals surface area contributed by atoms with Crippen molar-refractivity contribution in [3.05, 3.63) is 89.5 Å². The van der Waals surface area contributed by atoms with E-state index >= 15 is 0 Å². The SMILES string of the molecule is COc1ccc(C(=O)CCCCC(=O)N[C@H](CN2CCCC2)[C@H](O)c2ccc(OCCOc3ccc(C#N)cc3)cc2)cc1. The highest BCUT2D eigenvalue weighted by atomic mass is 16.5. The largest absolute Gasteiger partial charge is 0.497 e. The number of nitrogens with zero attached hydrogens (tertiary/aromatic N) is 2. The van der Waals surface area contributed by atoms with E-state index in [0.29, 0.717) is 73.0 Å². The van der Waals surface area contributed by atoms with Gasteiger partial charge in [-0.15, -0.1) is 0 Å². The molecular weight excluding hydrogens is 558 g/mol. The van der Waals surface area contributed by atoms with Crippen LogP contribution in [0.2, 0.25) is 0 Å². The van der Waals surface area contributed by atoms with Gasteiger partial charge in [-0.2, -0.15) is 5.26 Å². The summed E-state index contributed by atoms with van der Waals surface area (Å²) in [6.45, 7) is 3.14. The monoisotopic (exact) mass is 599 g/mol. The highest BCUT2D eigenvalue weighted by molar-refractivity contribution is 5.96. The summed E-state index contributed by atoms with van der Waals surface area (Å²) < 4.78 is 16.6. The Morgan fingerprint density at radius 2 is 1.43 bits per heavy atom. The molecule has 0 aromatic heterocycles. The number of unbranched alkanes of at least 4 members (excludes halogenated alkanes) is 1. The first kappa shape index (κ1) is 32.5. The van der Waals surface area contributed by atoms with Gasteiger partial charge >= 0.3 is 0 Å². The zero-order chi connectivity index (χ0) is 31.1. The molecule has 1 aliphatic heterocycles. The highest BCUT2D eigenvalue weighted by Gasteiger charge is 2.26. The standard InChI is InChI=1S/C35H41N3O6/c1-42-29-16-10-27(11-17-29)33(39)6-2-3-7-34(40)37-32(25-38-20-4-5-21-38)35(41)28-12-18-31(19-13-28)44-23-22-43-30-14-8-26(24-36)9-15-30/h8-19,32,35,41H,2-7,20-23,25H2,1H3,(H,37,40)/t32-,35-/m1/s1. The summed E-state index contributed by atoms with van der Waals surface area (Å²) in [5.41, 5.74) is 1.91. The zero-order valence-electron chi connectivity index (χ0n) is 25.2. The molecule has 3 aromatic carbocycles. The first-order chi connectivity index (χ1) is 21.4. The fourth-order valence-electron chi connectivity index (χ4n) is 5.18. The second kappa shape index (κ2) is 17.0. The van der Waals surface area contributed by atoms with Crippen molar-refractivity contribution in [1.29, 1.82) is 5.26 Å². The number of hydrogen-bond acceptors (Lipinski definition) is 8. The predicted molar refractivity (Wildman–Crippen MR) is 167 cm³/mol. The molecule has 0 saturated carbocycles. The molecule has 0 aliphatic carbocycles. The van der Waals surface area contributed by atoms with Crippen LogP contribution in [0.4, 0.5) is 0 Å². The maximum Gasteiger partial charge on any atom is 0.220 e. The Kier molecular flexibility index (Phi) is 12.6.